The van der Waals surface area contributed by atoms with Gasteiger partial charge in [0.05, 0.1) is 17.0 Å². The number of hydrogen-bond donors (Lipinski definition) is 1. The van der Waals surface area contributed by atoms with Crippen LogP contribution in [-0.4, -0.2) is 36.7 Å². The number of benzene rings is 2. The fourth-order valence-electron chi connectivity index (χ4n) is 2.82. The van der Waals surface area contributed by atoms with Crippen molar-refractivity contribution in [1.82, 2.24) is 9.29 Å². The van der Waals surface area contributed by atoms with Gasteiger partial charge in [-0.25, -0.2) is 13.4 Å². The van der Waals surface area contributed by atoms with Gasteiger partial charge in [-0.2, -0.15) is 4.31 Å². The molecule has 158 valence electrons. The third kappa shape index (κ3) is 5.13. The van der Waals surface area contributed by atoms with Crippen LogP contribution in [0.1, 0.15) is 25.1 Å². The largest absolute Gasteiger partial charge is 0.326 e. The Hall–Kier alpha value is -2.55. The number of sulfonamides is 1. The SMILES string of the molecule is Cc1cccc(-c2nc(CC(=O)Nc3ccc(S(=O)(=O)N(C)C(C)C)cc3)cs2)c1. The van der Waals surface area contributed by atoms with Crippen LogP contribution in [0.15, 0.2) is 58.8 Å². The lowest BCUT2D eigenvalue weighted by atomic mass is 10.1. The van der Waals surface area contributed by atoms with Gasteiger partial charge in [0.15, 0.2) is 0 Å². The second-order valence-electron chi connectivity index (χ2n) is 7.38. The number of anilines is 1. The van der Waals surface area contributed by atoms with E-state index in [0.717, 1.165) is 16.1 Å². The molecular weight excluding hydrogens is 418 g/mol. The van der Waals surface area contributed by atoms with Crippen molar-refractivity contribution >= 4 is 33.0 Å². The molecule has 0 aliphatic heterocycles. The van der Waals surface area contributed by atoms with Gasteiger partial charge in [-0.3, -0.25) is 4.79 Å². The maximum Gasteiger partial charge on any atom is 0.243 e. The molecule has 3 aromatic rings. The normalized spacial score (nSPS) is 11.8. The minimum atomic E-state index is -3.55. The van der Waals surface area contributed by atoms with E-state index in [1.165, 1.54) is 27.8 Å². The van der Waals surface area contributed by atoms with Gasteiger partial charge in [0, 0.05) is 29.7 Å². The zero-order valence-electron chi connectivity index (χ0n) is 17.4. The zero-order valence-corrected chi connectivity index (χ0v) is 19.0. The van der Waals surface area contributed by atoms with Crippen LogP contribution in [0.25, 0.3) is 10.6 Å². The van der Waals surface area contributed by atoms with Crippen LogP contribution < -0.4 is 5.32 Å². The molecular formula is C22H25N3O3S2. The van der Waals surface area contributed by atoms with Crippen LogP contribution >= 0.6 is 11.3 Å². The Morgan fingerprint density at radius 1 is 1.17 bits per heavy atom. The van der Waals surface area contributed by atoms with Gasteiger partial charge in [-0.1, -0.05) is 23.8 Å². The first-order valence-corrected chi connectivity index (χ1v) is 11.9. The number of amides is 1. The number of thiazole rings is 1. The average molecular weight is 444 g/mol. The van der Waals surface area contributed by atoms with Crippen LogP contribution in [0.4, 0.5) is 5.69 Å². The minimum absolute atomic E-state index is 0.141. The van der Waals surface area contributed by atoms with E-state index in [2.05, 4.69) is 16.4 Å². The molecule has 1 aromatic heterocycles. The van der Waals surface area contributed by atoms with Crippen LogP contribution in [0.5, 0.6) is 0 Å². The van der Waals surface area contributed by atoms with Crippen molar-refractivity contribution in [3.05, 3.63) is 65.2 Å². The quantitative estimate of drug-likeness (QED) is 0.589. The molecule has 8 heteroatoms. The summed E-state index contributed by atoms with van der Waals surface area (Å²) in [5, 5.41) is 5.56. The Morgan fingerprint density at radius 2 is 1.87 bits per heavy atom. The van der Waals surface area contributed by atoms with E-state index in [4.69, 9.17) is 0 Å². The van der Waals surface area contributed by atoms with Crippen molar-refractivity contribution in [1.29, 1.82) is 0 Å². The number of carbonyl (C=O) groups excluding carboxylic acids is 1. The highest BCUT2D eigenvalue weighted by atomic mass is 32.2. The Labute approximate surface area is 181 Å². The highest BCUT2D eigenvalue weighted by molar-refractivity contribution is 7.89. The molecule has 0 atom stereocenters. The van der Waals surface area contributed by atoms with Crippen molar-refractivity contribution < 1.29 is 13.2 Å². The number of nitrogens with one attached hydrogen (secondary N) is 1. The number of aryl methyl sites for hydroxylation is 1. The third-order valence-corrected chi connectivity index (χ3v) is 7.69. The predicted molar refractivity (Wildman–Crippen MR) is 121 cm³/mol. The number of carbonyl (C=O) groups is 1. The minimum Gasteiger partial charge on any atom is -0.326 e. The van der Waals surface area contributed by atoms with Crippen LogP contribution in [-0.2, 0) is 21.2 Å². The van der Waals surface area contributed by atoms with Crippen LogP contribution in [0.3, 0.4) is 0 Å². The van der Waals surface area contributed by atoms with E-state index in [9.17, 15) is 13.2 Å². The van der Waals surface area contributed by atoms with Gasteiger partial charge in [0.1, 0.15) is 5.01 Å². The van der Waals surface area contributed by atoms with Gasteiger partial charge in [-0.15, -0.1) is 11.3 Å². The fourth-order valence-corrected chi connectivity index (χ4v) is 5.01. The van der Waals surface area contributed by atoms with Gasteiger partial charge in [0.25, 0.3) is 0 Å². The van der Waals surface area contributed by atoms with Crippen molar-refractivity contribution in [2.45, 2.75) is 38.1 Å². The summed E-state index contributed by atoms with van der Waals surface area (Å²) >= 11 is 1.51. The highest BCUT2D eigenvalue weighted by Gasteiger charge is 2.22. The van der Waals surface area contributed by atoms with E-state index in [-0.39, 0.29) is 23.3 Å². The Balaban J connectivity index is 1.64. The summed E-state index contributed by atoms with van der Waals surface area (Å²) in [5.74, 6) is -0.203. The Morgan fingerprint density at radius 3 is 2.50 bits per heavy atom. The molecule has 6 nitrogen and oxygen atoms in total. The molecule has 2 aromatic carbocycles. The number of aromatic nitrogens is 1. The second-order valence-corrected chi connectivity index (χ2v) is 10.2. The predicted octanol–water partition coefficient (Wildman–Crippen LogP) is 4.33. The summed E-state index contributed by atoms with van der Waals surface area (Å²) in [6, 6.07) is 14.1. The molecule has 1 heterocycles. The van der Waals surface area contributed by atoms with Gasteiger partial charge in [-0.05, 0) is 51.1 Å². The molecule has 0 radical (unpaired) electrons. The van der Waals surface area contributed by atoms with Crippen LogP contribution in [0.2, 0.25) is 0 Å². The summed E-state index contributed by atoms with van der Waals surface area (Å²) in [4.78, 5) is 17.1. The zero-order chi connectivity index (χ0) is 21.9. The van der Waals surface area contributed by atoms with Crippen molar-refractivity contribution in [3.8, 4) is 10.6 Å². The van der Waals surface area contributed by atoms with E-state index in [1.54, 1.807) is 19.2 Å². The number of hydrogen-bond acceptors (Lipinski definition) is 5. The molecule has 1 N–H and O–H groups in total. The summed E-state index contributed by atoms with van der Waals surface area (Å²) < 4.78 is 26.4. The maximum atomic E-state index is 12.5. The summed E-state index contributed by atoms with van der Waals surface area (Å²) in [5.41, 5.74) is 3.44. The first kappa shape index (κ1) is 22.1. The molecule has 0 saturated carbocycles. The molecule has 0 saturated heterocycles. The number of rotatable bonds is 7. The molecule has 30 heavy (non-hydrogen) atoms. The number of nitrogens with zero attached hydrogens (tertiary/aromatic N) is 2. The molecule has 0 aliphatic rings. The maximum absolute atomic E-state index is 12.5. The first-order valence-electron chi connectivity index (χ1n) is 9.56. The van der Waals surface area contributed by atoms with Crippen molar-refractivity contribution in [2.24, 2.45) is 0 Å². The standard InChI is InChI=1S/C22H25N3O3S2/c1-15(2)25(4)30(27,28)20-10-8-18(9-11-20)23-21(26)13-19-14-29-22(24-19)17-7-5-6-16(3)12-17/h5-12,14-15H,13H2,1-4H3,(H,23,26). The third-order valence-electron chi connectivity index (χ3n) is 4.70. The Bertz CT molecular complexity index is 1140. The second kappa shape index (κ2) is 9.07. The van der Waals surface area contributed by atoms with E-state index >= 15 is 0 Å². The lowest BCUT2D eigenvalue weighted by molar-refractivity contribution is -0.115. The summed E-state index contributed by atoms with van der Waals surface area (Å²) in [6.45, 7) is 5.66. The molecule has 0 aliphatic carbocycles. The van der Waals surface area contributed by atoms with Gasteiger partial charge < -0.3 is 5.32 Å². The molecule has 0 unspecified atom stereocenters. The topological polar surface area (TPSA) is 79.4 Å². The molecule has 0 bridgehead atoms. The fraction of sp³-hybridized carbons (Fsp3) is 0.273. The van der Waals surface area contributed by atoms with E-state index in [0.29, 0.717) is 11.4 Å². The average Bonchev–Trinajstić information content (AvgIpc) is 3.16. The highest BCUT2D eigenvalue weighted by Crippen LogP contribution is 2.25. The smallest absolute Gasteiger partial charge is 0.243 e. The van der Waals surface area contributed by atoms with E-state index < -0.39 is 10.0 Å². The molecule has 1 amide bonds. The molecule has 3 rings (SSSR count). The van der Waals surface area contributed by atoms with E-state index in [1.807, 2.05) is 44.4 Å². The molecule has 0 spiro atoms. The van der Waals surface area contributed by atoms with Crippen LogP contribution in [0, 0.1) is 6.92 Å². The van der Waals surface area contributed by atoms with Gasteiger partial charge in [0.2, 0.25) is 15.9 Å². The lowest BCUT2D eigenvalue weighted by Gasteiger charge is -2.21. The van der Waals surface area contributed by atoms with Gasteiger partial charge >= 0.3 is 0 Å². The lowest BCUT2D eigenvalue weighted by Crippen LogP contribution is -2.33. The first-order chi connectivity index (χ1) is 14.2. The Kier molecular flexibility index (Phi) is 6.70. The monoisotopic (exact) mass is 443 g/mol. The molecule has 0 fully saturated rings. The van der Waals surface area contributed by atoms with Crippen molar-refractivity contribution in [2.75, 3.05) is 12.4 Å². The van der Waals surface area contributed by atoms with Crippen molar-refractivity contribution in [3.63, 3.8) is 0 Å². The summed E-state index contributed by atoms with van der Waals surface area (Å²) in [6.07, 6.45) is 0.151. The summed E-state index contributed by atoms with van der Waals surface area (Å²) in [7, 11) is -2.00.